The van der Waals surface area contributed by atoms with Gasteiger partial charge in [-0.25, -0.2) is 4.98 Å². The van der Waals surface area contributed by atoms with Crippen molar-refractivity contribution in [2.75, 3.05) is 5.73 Å². The van der Waals surface area contributed by atoms with E-state index in [1.165, 1.54) is 31.0 Å². The molecule has 0 bridgehead atoms. The van der Waals surface area contributed by atoms with Gasteiger partial charge < -0.3 is 10.3 Å². The number of hydrogen-bond donors (Lipinski definition) is 1. The van der Waals surface area contributed by atoms with Gasteiger partial charge >= 0.3 is 0 Å². The Balaban J connectivity index is 1.89. The van der Waals surface area contributed by atoms with E-state index >= 15 is 0 Å². The lowest BCUT2D eigenvalue weighted by atomic mass is 10.2. The maximum Gasteiger partial charge on any atom is 0.197 e. The molecule has 3 heterocycles. The molecule has 0 spiro atoms. The number of nitrogen functional groups attached to an aromatic ring is 1. The molecular weight excluding hydrogens is 282 g/mol. The lowest BCUT2D eigenvalue weighted by molar-refractivity contribution is 0.590. The van der Waals surface area contributed by atoms with Crippen molar-refractivity contribution in [1.82, 2.24) is 19.7 Å². The fourth-order valence-corrected chi connectivity index (χ4v) is 3.35. The highest BCUT2D eigenvalue weighted by Gasteiger charge is 2.16. The predicted molar refractivity (Wildman–Crippen MR) is 75.4 cm³/mol. The Morgan fingerprint density at radius 3 is 2.95 bits per heavy atom. The van der Waals surface area contributed by atoms with Gasteiger partial charge in [0.05, 0.1) is 0 Å². The molecule has 0 saturated heterocycles. The Morgan fingerprint density at radius 1 is 1.21 bits per heavy atom. The second kappa shape index (κ2) is 5.38. The fraction of sp³-hybridized carbons (Fsp3) is 0.417. The molecule has 19 heavy (non-hydrogen) atoms. The Labute approximate surface area is 120 Å². The maximum absolute atomic E-state index is 5.91. The molecule has 5 nitrogen and oxygen atoms in total. The molecule has 0 saturated carbocycles. The molecule has 7 heteroatoms. The summed E-state index contributed by atoms with van der Waals surface area (Å²) in [5, 5.41) is 10.5. The van der Waals surface area contributed by atoms with Crippen molar-refractivity contribution in [3.63, 3.8) is 0 Å². The van der Waals surface area contributed by atoms with Gasteiger partial charge in [-0.05, 0) is 36.7 Å². The first-order valence-electron chi connectivity index (χ1n) is 6.25. The van der Waals surface area contributed by atoms with Crippen molar-refractivity contribution < 1.29 is 0 Å². The lowest BCUT2D eigenvalue weighted by Crippen LogP contribution is -2.02. The zero-order valence-corrected chi connectivity index (χ0v) is 11.9. The van der Waals surface area contributed by atoms with Crippen molar-refractivity contribution in [2.45, 2.75) is 42.4 Å². The van der Waals surface area contributed by atoms with E-state index in [4.69, 9.17) is 17.3 Å². The summed E-state index contributed by atoms with van der Waals surface area (Å²) >= 11 is 7.37. The molecule has 0 radical (unpaired) electrons. The standard InChI is InChI=1S/C12H14ClN5S/c13-9-6-8(14)7-11(15-9)19-12-17-16-10-4-2-1-3-5-18(10)12/h6-7H,1-5H2,(H2,14,15). The molecule has 2 aromatic rings. The van der Waals surface area contributed by atoms with E-state index in [0.29, 0.717) is 10.8 Å². The number of aryl methyl sites for hydroxylation is 1. The largest absolute Gasteiger partial charge is 0.399 e. The van der Waals surface area contributed by atoms with Crippen LogP contribution in [0.15, 0.2) is 22.3 Å². The van der Waals surface area contributed by atoms with Crippen LogP contribution in [0, 0.1) is 0 Å². The number of aromatic nitrogens is 4. The first kappa shape index (κ1) is 12.7. The first-order valence-corrected chi connectivity index (χ1v) is 7.45. The summed E-state index contributed by atoms with van der Waals surface area (Å²) in [6.45, 7) is 0.973. The van der Waals surface area contributed by atoms with Crippen molar-refractivity contribution in [3.05, 3.63) is 23.1 Å². The van der Waals surface area contributed by atoms with E-state index in [9.17, 15) is 0 Å². The van der Waals surface area contributed by atoms with Gasteiger partial charge in [0.15, 0.2) is 5.16 Å². The van der Waals surface area contributed by atoms with Gasteiger partial charge in [-0.15, -0.1) is 10.2 Å². The summed E-state index contributed by atoms with van der Waals surface area (Å²) in [6, 6.07) is 3.44. The van der Waals surface area contributed by atoms with Gasteiger partial charge in [-0.2, -0.15) is 0 Å². The molecule has 2 aromatic heterocycles. The van der Waals surface area contributed by atoms with Crippen LogP contribution in [0.4, 0.5) is 5.69 Å². The summed E-state index contributed by atoms with van der Waals surface area (Å²) < 4.78 is 2.18. The van der Waals surface area contributed by atoms with Crippen LogP contribution >= 0.6 is 23.4 Å². The molecule has 0 fully saturated rings. The lowest BCUT2D eigenvalue weighted by Gasteiger charge is -2.06. The second-order valence-corrected chi connectivity index (χ2v) is 5.90. The van der Waals surface area contributed by atoms with E-state index in [1.54, 1.807) is 12.1 Å². The summed E-state index contributed by atoms with van der Waals surface area (Å²) in [5.41, 5.74) is 6.38. The van der Waals surface area contributed by atoms with E-state index in [1.807, 2.05) is 0 Å². The number of nitrogens with zero attached hydrogens (tertiary/aromatic N) is 4. The molecule has 0 atom stereocenters. The summed E-state index contributed by atoms with van der Waals surface area (Å²) in [6.07, 6.45) is 4.60. The van der Waals surface area contributed by atoms with Crippen LogP contribution in [0.3, 0.4) is 0 Å². The molecule has 0 amide bonds. The van der Waals surface area contributed by atoms with Crippen LogP contribution in [0.5, 0.6) is 0 Å². The van der Waals surface area contributed by atoms with E-state index < -0.39 is 0 Å². The fourth-order valence-electron chi connectivity index (χ4n) is 2.17. The van der Waals surface area contributed by atoms with Crippen molar-refractivity contribution >= 4 is 29.1 Å². The highest BCUT2D eigenvalue weighted by molar-refractivity contribution is 7.99. The van der Waals surface area contributed by atoms with E-state index in [2.05, 4.69) is 19.7 Å². The van der Waals surface area contributed by atoms with Crippen LogP contribution in [0.2, 0.25) is 5.15 Å². The minimum absolute atomic E-state index is 0.401. The highest BCUT2D eigenvalue weighted by atomic mass is 35.5. The number of fused-ring (bicyclic) bond motifs is 1. The van der Waals surface area contributed by atoms with Gasteiger partial charge in [0.25, 0.3) is 0 Å². The Morgan fingerprint density at radius 2 is 2.11 bits per heavy atom. The summed E-state index contributed by atoms with van der Waals surface area (Å²) in [4.78, 5) is 4.25. The second-order valence-electron chi connectivity index (χ2n) is 4.52. The zero-order chi connectivity index (χ0) is 13.2. The zero-order valence-electron chi connectivity index (χ0n) is 10.3. The summed E-state index contributed by atoms with van der Waals surface area (Å²) in [7, 11) is 0. The predicted octanol–water partition coefficient (Wildman–Crippen LogP) is 2.79. The third-order valence-electron chi connectivity index (χ3n) is 3.06. The number of hydrogen-bond acceptors (Lipinski definition) is 5. The Kier molecular flexibility index (Phi) is 3.61. The SMILES string of the molecule is Nc1cc(Cl)nc(Sc2nnc3n2CCCCC3)c1. The van der Waals surface area contributed by atoms with Crippen molar-refractivity contribution in [1.29, 1.82) is 0 Å². The molecule has 0 aromatic carbocycles. The monoisotopic (exact) mass is 295 g/mol. The Hall–Kier alpha value is -1.27. The van der Waals surface area contributed by atoms with E-state index in [-0.39, 0.29) is 0 Å². The summed E-state index contributed by atoms with van der Waals surface area (Å²) in [5.74, 6) is 1.06. The van der Waals surface area contributed by atoms with Gasteiger partial charge in [-0.1, -0.05) is 18.0 Å². The number of halogens is 1. The Bertz CT molecular complexity index is 578. The molecule has 1 aliphatic rings. The van der Waals surface area contributed by atoms with Crippen molar-refractivity contribution in [3.8, 4) is 0 Å². The average Bonchev–Trinajstić information content (AvgIpc) is 2.59. The van der Waals surface area contributed by atoms with Gasteiger partial charge in [0.1, 0.15) is 16.0 Å². The van der Waals surface area contributed by atoms with Crippen LogP contribution in [-0.4, -0.2) is 19.7 Å². The van der Waals surface area contributed by atoms with Crippen LogP contribution in [-0.2, 0) is 13.0 Å². The molecule has 2 N–H and O–H groups in total. The third-order valence-corrected chi connectivity index (χ3v) is 4.16. The molecule has 0 unspecified atom stereocenters. The average molecular weight is 296 g/mol. The van der Waals surface area contributed by atoms with Gasteiger partial charge in [-0.3, -0.25) is 0 Å². The number of nitrogens with two attached hydrogens (primary N) is 1. The molecule has 100 valence electrons. The quantitative estimate of drug-likeness (QED) is 0.863. The number of anilines is 1. The molecular formula is C12H14ClN5S. The highest BCUT2D eigenvalue weighted by Crippen LogP contribution is 2.29. The van der Waals surface area contributed by atoms with Crippen molar-refractivity contribution in [2.24, 2.45) is 0 Å². The minimum Gasteiger partial charge on any atom is -0.399 e. The van der Waals surface area contributed by atoms with E-state index in [0.717, 1.165) is 29.0 Å². The molecule has 3 rings (SSSR count). The minimum atomic E-state index is 0.401. The third kappa shape index (κ3) is 2.84. The number of rotatable bonds is 2. The number of pyridine rings is 1. The van der Waals surface area contributed by atoms with Crippen LogP contribution < -0.4 is 5.73 Å². The molecule has 0 aliphatic carbocycles. The van der Waals surface area contributed by atoms with Crippen LogP contribution in [0.25, 0.3) is 0 Å². The normalized spacial score (nSPS) is 15.0. The first-order chi connectivity index (χ1) is 9.22. The molecule has 1 aliphatic heterocycles. The maximum atomic E-state index is 5.91. The smallest absolute Gasteiger partial charge is 0.197 e. The van der Waals surface area contributed by atoms with Crippen LogP contribution in [0.1, 0.15) is 25.1 Å². The van der Waals surface area contributed by atoms with Gasteiger partial charge in [0.2, 0.25) is 0 Å². The topological polar surface area (TPSA) is 69.6 Å². The van der Waals surface area contributed by atoms with Gasteiger partial charge in [0, 0.05) is 18.7 Å².